The van der Waals surface area contributed by atoms with Gasteiger partial charge in [-0.1, -0.05) is 30.0 Å². The Morgan fingerprint density at radius 1 is 1.22 bits per heavy atom. The van der Waals surface area contributed by atoms with Gasteiger partial charge < -0.3 is 5.32 Å². The number of nitrogens with one attached hydrogen (secondary N) is 1. The van der Waals surface area contributed by atoms with Crippen LogP contribution in [0, 0.1) is 13.8 Å². The van der Waals surface area contributed by atoms with Gasteiger partial charge in [0.1, 0.15) is 5.69 Å². The van der Waals surface area contributed by atoms with E-state index in [0.29, 0.717) is 5.69 Å². The summed E-state index contributed by atoms with van der Waals surface area (Å²) in [5, 5.41) is 2.67. The molecule has 1 amide bonds. The van der Waals surface area contributed by atoms with Crippen molar-refractivity contribution in [1.29, 1.82) is 0 Å². The standard InChI is InChI=1S/C15H14F3N3OS/c1-9-4-3-5-10(2)13(9)21-12(22)8-23-14-19-7-6-11(20-14)15(16,17)18/h3-7H,8H2,1-2H3,(H,21,22). The topological polar surface area (TPSA) is 54.9 Å². The lowest BCUT2D eigenvalue weighted by molar-refractivity contribution is -0.141. The number of para-hydroxylation sites is 1. The zero-order valence-electron chi connectivity index (χ0n) is 12.4. The van der Waals surface area contributed by atoms with Crippen molar-refractivity contribution in [3.8, 4) is 0 Å². The summed E-state index contributed by atoms with van der Waals surface area (Å²) in [5.41, 5.74) is 1.52. The molecule has 1 aromatic heterocycles. The first-order chi connectivity index (χ1) is 10.8. The number of aryl methyl sites for hydroxylation is 2. The second-order valence-electron chi connectivity index (χ2n) is 4.83. The van der Waals surface area contributed by atoms with E-state index in [1.54, 1.807) is 0 Å². The Labute approximate surface area is 135 Å². The lowest BCUT2D eigenvalue weighted by Gasteiger charge is -2.11. The van der Waals surface area contributed by atoms with E-state index < -0.39 is 11.9 Å². The fourth-order valence-electron chi connectivity index (χ4n) is 1.89. The first-order valence-corrected chi connectivity index (χ1v) is 7.65. The van der Waals surface area contributed by atoms with Crippen LogP contribution in [-0.2, 0) is 11.0 Å². The van der Waals surface area contributed by atoms with Crippen LogP contribution in [0.4, 0.5) is 18.9 Å². The van der Waals surface area contributed by atoms with Crippen molar-refractivity contribution in [3.05, 3.63) is 47.3 Å². The van der Waals surface area contributed by atoms with E-state index in [1.165, 1.54) is 0 Å². The van der Waals surface area contributed by atoms with Gasteiger partial charge in [0.25, 0.3) is 0 Å². The summed E-state index contributed by atoms with van der Waals surface area (Å²) in [4.78, 5) is 19.1. The highest BCUT2D eigenvalue weighted by atomic mass is 32.2. The zero-order chi connectivity index (χ0) is 17.0. The molecule has 0 aliphatic heterocycles. The Hall–Kier alpha value is -2.09. The normalized spacial score (nSPS) is 11.3. The Morgan fingerprint density at radius 3 is 2.48 bits per heavy atom. The van der Waals surface area contributed by atoms with E-state index in [2.05, 4.69) is 15.3 Å². The number of carbonyl (C=O) groups is 1. The molecule has 1 heterocycles. The zero-order valence-corrected chi connectivity index (χ0v) is 13.3. The average molecular weight is 341 g/mol. The molecule has 23 heavy (non-hydrogen) atoms. The summed E-state index contributed by atoms with van der Waals surface area (Å²) in [7, 11) is 0. The summed E-state index contributed by atoms with van der Waals surface area (Å²) in [5.74, 6) is -0.400. The van der Waals surface area contributed by atoms with Crippen molar-refractivity contribution in [2.45, 2.75) is 25.2 Å². The summed E-state index contributed by atoms with van der Waals surface area (Å²) in [6.07, 6.45) is -3.50. The lowest BCUT2D eigenvalue weighted by Crippen LogP contribution is -2.16. The van der Waals surface area contributed by atoms with Crippen LogP contribution in [0.1, 0.15) is 16.8 Å². The number of anilines is 1. The van der Waals surface area contributed by atoms with Crippen molar-refractivity contribution < 1.29 is 18.0 Å². The monoisotopic (exact) mass is 341 g/mol. The van der Waals surface area contributed by atoms with Gasteiger partial charge >= 0.3 is 6.18 Å². The van der Waals surface area contributed by atoms with Gasteiger partial charge in [-0.25, -0.2) is 9.97 Å². The molecule has 0 saturated heterocycles. The smallest absolute Gasteiger partial charge is 0.325 e. The van der Waals surface area contributed by atoms with Crippen LogP contribution in [0.3, 0.4) is 0 Å². The highest BCUT2D eigenvalue weighted by molar-refractivity contribution is 7.99. The number of aromatic nitrogens is 2. The fourth-order valence-corrected chi connectivity index (χ4v) is 2.52. The van der Waals surface area contributed by atoms with Crippen molar-refractivity contribution in [3.63, 3.8) is 0 Å². The highest BCUT2D eigenvalue weighted by Gasteiger charge is 2.32. The van der Waals surface area contributed by atoms with Crippen LogP contribution in [0.2, 0.25) is 0 Å². The van der Waals surface area contributed by atoms with E-state index in [9.17, 15) is 18.0 Å². The number of hydrogen-bond acceptors (Lipinski definition) is 4. The van der Waals surface area contributed by atoms with Crippen molar-refractivity contribution >= 4 is 23.4 Å². The van der Waals surface area contributed by atoms with Crippen LogP contribution in [0.5, 0.6) is 0 Å². The van der Waals surface area contributed by atoms with Crippen LogP contribution in [0.15, 0.2) is 35.6 Å². The highest BCUT2D eigenvalue weighted by Crippen LogP contribution is 2.28. The molecule has 4 nitrogen and oxygen atoms in total. The molecule has 122 valence electrons. The van der Waals surface area contributed by atoms with Crippen molar-refractivity contribution in [2.75, 3.05) is 11.1 Å². The summed E-state index contributed by atoms with van der Waals surface area (Å²) in [6.45, 7) is 3.73. The first kappa shape index (κ1) is 17.3. The average Bonchev–Trinajstić information content (AvgIpc) is 2.48. The third-order valence-corrected chi connectivity index (χ3v) is 3.86. The molecule has 2 rings (SSSR count). The number of amides is 1. The minimum Gasteiger partial charge on any atom is -0.325 e. The lowest BCUT2D eigenvalue weighted by atomic mass is 10.1. The Morgan fingerprint density at radius 2 is 1.87 bits per heavy atom. The molecule has 0 fully saturated rings. The van der Waals surface area contributed by atoms with E-state index in [4.69, 9.17) is 0 Å². The van der Waals surface area contributed by atoms with Gasteiger partial charge in [-0.3, -0.25) is 4.79 Å². The Balaban J connectivity index is 2.00. The quantitative estimate of drug-likeness (QED) is 0.678. The maximum atomic E-state index is 12.6. The van der Waals surface area contributed by atoms with Crippen LogP contribution in [-0.4, -0.2) is 21.6 Å². The third-order valence-electron chi connectivity index (χ3n) is 3.00. The molecule has 0 spiro atoms. The number of halogens is 3. The van der Waals surface area contributed by atoms with E-state index in [1.807, 2.05) is 32.0 Å². The fraction of sp³-hybridized carbons (Fsp3) is 0.267. The molecule has 8 heteroatoms. The number of carbonyl (C=O) groups excluding carboxylic acids is 1. The summed E-state index contributed by atoms with van der Waals surface area (Å²) in [6, 6.07) is 6.41. The van der Waals surface area contributed by atoms with Gasteiger partial charge in [0.05, 0.1) is 5.75 Å². The number of rotatable bonds is 4. The minimum absolute atomic E-state index is 0.0743. The predicted molar refractivity (Wildman–Crippen MR) is 82.3 cm³/mol. The number of alkyl halides is 3. The molecule has 2 aromatic rings. The molecular weight excluding hydrogens is 327 g/mol. The van der Waals surface area contributed by atoms with E-state index >= 15 is 0 Å². The molecule has 0 atom stereocenters. The molecule has 1 aromatic carbocycles. The SMILES string of the molecule is Cc1cccc(C)c1NC(=O)CSc1nccc(C(F)(F)F)n1. The second kappa shape index (κ2) is 6.99. The Bertz CT molecular complexity index is 699. The third kappa shape index (κ3) is 4.69. The number of thioether (sulfide) groups is 1. The molecule has 1 N–H and O–H groups in total. The van der Waals surface area contributed by atoms with Crippen molar-refractivity contribution in [1.82, 2.24) is 9.97 Å². The number of nitrogens with zero attached hydrogens (tertiary/aromatic N) is 2. The predicted octanol–water partition coefficient (Wildman–Crippen LogP) is 3.84. The van der Waals surface area contributed by atoms with Crippen LogP contribution >= 0.6 is 11.8 Å². The summed E-state index contributed by atoms with van der Waals surface area (Å²) < 4.78 is 37.7. The number of benzene rings is 1. The largest absolute Gasteiger partial charge is 0.433 e. The first-order valence-electron chi connectivity index (χ1n) is 6.66. The molecule has 0 aliphatic carbocycles. The Kier molecular flexibility index (Phi) is 5.25. The van der Waals surface area contributed by atoms with Crippen LogP contribution in [0.25, 0.3) is 0 Å². The molecule has 0 aliphatic rings. The maximum Gasteiger partial charge on any atom is 0.433 e. The van der Waals surface area contributed by atoms with Gasteiger partial charge in [0, 0.05) is 11.9 Å². The van der Waals surface area contributed by atoms with Gasteiger partial charge in [-0.15, -0.1) is 0 Å². The van der Waals surface area contributed by atoms with Crippen LogP contribution < -0.4 is 5.32 Å². The van der Waals surface area contributed by atoms with Gasteiger partial charge in [0.15, 0.2) is 5.16 Å². The summed E-state index contributed by atoms with van der Waals surface area (Å²) >= 11 is 0.856. The molecule has 0 radical (unpaired) electrons. The molecule has 0 saturated carbocycles. The molecular formula is C15H14F3N3OS. The molecule has 0 bridgehead atoms. The van der Waals surface area contributed by atoms with Crippen molar-refractivity contribution in [2.24, 2.45) is 0 Å². The van der Waals surface area contributed by atoms with Gasteiger partial charge in [0.2, 0.25) is 5.91 Å². The van der Waals surface area contributed by atoms with E-state index in [0.717, 1.165) is 35.2 Å². The van der Waals surface area contributed by atoms with Gasteiger partial charge in [-0.05, 0) is 31.0 Å². The molecule has 0 unspecified atom stereocenters. The second-order valence-corrected chi connectivity index (χ2v) is 5.77. The maximum absolute atomic E-state index is 12.6. The minimum atomic E-state index is -4.53. The number of hydrogen-bond donors (Lipinski definition) is 1. The van der Waals surface area contributed by atoms with E-state index in [-0.39, 0.29) is 16.8 Å². The van der Waals surface area contributed by atoms with Gasteiger partial charge in [-0.2, -0.15) is 13.2 Å².